The Morgan fingerprint density at radius 1 is 1.42 bits per heavy atom. The van der Waals surface area contributed by atoms with Gasteiger partial charge in [-0.2, -0.15) is 0 Å². The lowest BCUT2D eigenvalue weighted by Crippen LogP contribution is -2.40. The fourth-order valence-electron chi connectivity index (χ4n) is 1.84. The van der Waals surface area contributed by atoms with E-state index < -0.39 is 6.10 Å². The number of carbonyl (C=O) groups excluding carboxylic acids is 1. The number of nitrogens with zero attached hydrogens (tertiary/aromatic N) is 1. The van der Waals surface area contributed by atoms with Gasteiger partial charge in [-0.05, 0) is 32.9 Å². The number of amides is 1. The zero-order valence-corrected chi connectivity index (χ0v) is 12.3. The zero-order chi connectivity index (χ0) is 14.4. The zero-order valence-electron chi connectivity index (χ0n) is 11.5. The molecular weight excluding hydrogens is 266 g/mol. The Kier molecular flexibility index (Phi) is 6.12. The average molecular weight is 286 g/mol. The molecule has 106 valence electrons. The predicted octanol–water partition coefficient (Wildman–Crippen LogP) is 2.47. The summed E-state index contributed by atoms with van der Waals surface area (Å²) in [5.41, 5.74) is 0.503. The van der Waals surface area contributed by atoms with Crippen LogP contribution in [0, 0.1) is 0 Å². The highest BCUT2D eigenvalue weighted by molar-refractivity contribution is 6.31. The molecule has 0 fully saturated rings. The third-order valence-corrected chi connectivity index (χ3v) is 3.31. The van der Waals surface area contributed by atoms with Gasteiger partial charge in [-0.25, -0.2) is 0 Å². The van der Waals surface area contributed by atoms with Crippen LogP contribution in [0.25, 0.3) is 0 Å². The first-order valence-corrected chi connectivity index (χ1v) is 6.76. The first-order valence-electron chi connectivity index (χ1n) is 6.38. The molecule has 0 radical (unpaired) electrons. The van der Waals surface area contributed by atoms with Crippen molar-refractivity contribution in [3.63, 3.8) is 0 Å². The number of hydrogen-bond acceptors (Lipinski definition) is 3. The molecule has 1 amide bonds. The van der Waals surface area contributed by atoms with Crippen molar-refractivity contribution in [1.82, 2.24) is 4.90 Å². The van der Waals surface area contributed by atoms with Crippen molar-refractivity contribution in [1.29, 1.82) is 0 Å². The average Bonchev–Trinajstić information content (AvgIpc) is 2.40. The smallest absolute Gasteiger partial charge is 0.263 e. The van der Waals surface area contributed by atoms with E-state index in [1.165, 1.54) is 0 Å². The van der Waals surface area contributed by atoms with Crippen molar-refractivity contribution in [3.8, 4) is 5.75 Å². The minimum atomic E-state index is -0.608. The Balaban J connectivity index is 2.85. The standard InChI is InChI=1S/C14H20ClNO3/c1-4-16(5-2)14(18)10(3)19-13-8-6-7-12(15)11(13)9-17/h6-8,10,17H,4-5,9H2,1-3H3. The third-order valence-electron chi connectivity index (χ3n) is 2.96. The molecule has 0 aliphatic heterocycles. The number of ether oxygens (including phenoxy) is 1. The van der Waals surface area contributed by atoms with Gasteiger partial charge in [0.25, 0.3) is 5.91 Å². The van der Waals surface area contributed by atoms with Crippen LogP contribution in [0.1, 0.15) is 26.3 Å². The van der Waals surface area contributed by atoms with Crippen LogP contribution >= 0.6 is 11.6 Å². The summed E-state index contributed by atoms with van der Waals surface area (Å²) in [7, 11) is 0. The van der Waals surface area contributed by atoms with Gasteiger partial charge >= 0.3 is 0 Å². The Morgan fingerprint density at radius 3 is 2.58 bits per heavy atom. The quantitative estimate of drug-likeness (QED) is 0.873. The van der Waals surface area contributed by atoms with Crippen molar-refractivity contribution in [2.45, 2.75) is 33.5 Å². The lowest BCUT2D eigenvalue weighted by atomic mass is 10.2. The monoisotopic (exact) mass is 285 g/mol. The number of benzene rings is 1. The van der Waals surface area contributed by atoms with E-state index in [0.717, 1.165) is 0 Å². The van der Waals surface area contributed by atoms with E-state index in [0.29, 0.717) is 29.4 Å². The van der Waals surface area contributed by atoms with Crippen molar-refractivity contribution < 1.29 is 14.6 Å². The first kappa shape index (κ1) is 15.8. The second-order valence-corrected chi connectivity index (χ2v) is 4.55. The summed E-state index contributed by atoms with van der Waals surface area (Å²) < 4.78 is 5.63. The van der Waals surface area contributed by atoms with Crippen LogP contribution in [-0.4, -0.2) is 35.1 Å². The molecule has 4 nitrogen and oxygen atoms in total. The molecule has 0 saturated heterocycles. The van der Waals surface area contributed by atoms with E-state index in [4.69, 9.17) is 16.3 Å². The number of halogens is 1. The van der Waals surface area contributed by atoms with E-state index in [1.54, 1.807) is 30.0 Å². The number of hydrogen-bond donors (Lipinski definition) is 1. The largest absolute Gasteiger partial charge is 0.480 e. The van der Waals surface area contributed by atoms with E-state index >= 15 is 0 Å². The maximum absolute atomic E-state index is 12.1. The summed E-state index contributed by atoms with van der Waals surface area (Å²) >= 11 is 5.97. The van der Waals surface area contributed by atoms with Gasteiger partial charge < -0.3 is 14.7 Å². The minimum absolute atomic E-state index is 0.0751. The number of rotatable bonds is 6. The summed E-state index contributed by atoms with van der Waals surface area (Å²) in [6.45, 7) is 6.61. The second-order valence-electron chi connectivity index (χ2n) is 4.15. The summed E-state index contributed by atoms with van der Waals surface area (Å²) in [5, 5.41) is 9.73. The second kappa shape index (κ2) is 7.36. The van der Waals surface area contributed by atoms with Crippen LogP contribution in [0.5, 0.6) is 5.75 Å². The van der Waals surface area contributed by atoms with Crippen molar-refractivity contribution in [2.75, 3.05) is 13.1 Å². The summed E-state index contributed by atoms with van der Waals surface area (Å²) in [6, 6.07) is 5.10. The van der Waals surface area contributed by atoms with E-state index in [-0.39, 0.29) is 12.5 Å². The van der Waals surface area contributed by atoms with E-state index in [2.05, 4.69) is 0 Å². The van der Waals surface area contributed by atoms with Crippen molar-refractivity contribution in [2.24, 2.45) is 0 Å². The normalized spacial score (nSPS) is 12.1. The topological polar surface area (TPSA) is 49.8 Å². The highest BCUT2D eigenvalue weighted by atomic mass is 35.5. The molecule has 0 heterocycles. The molecule has 0 spiro atoms. The van der Waals surface area contributed by atoms with Gasteiger partial charge in [-0.15, -0.1) is 0 Å². The number of aliphatic hydroxyl groups is 1. The van der Waals surface area contributed by atoms with Gasteiger partial charge in [0.05, 0.1) is 6.61 Å². The molecule has 5 heteroatoms. The summed E-state index contributed by atoms with van der Waals surface area (Å²) in [4.78, 5) is 13.8. The lowest BCUT2D eigenvalue weighted by Gasteiger charge is -2.24. The van der Waals surface area contributed by atoms with Crippen LogP contribution < -0.4 is 4.74 Å². The number of carbonyl (C=O) groups is 1. The molecule has 0 aliphatic carbocycles. The van der Waals surface area contributed by atoms with Crippen LogP contribution in [0.15, 0.2) is 18.2 Å². The molecule has 1 aromatic carbocycles. The van der Waals surface area contributed by atoms with Gasteiger partial charge in [0.2, 0.25) is 0 Å². The lowest BCUT2D eigenvalue weighted by molar-refractivity contribution is -0.137. The Morgan fingerprint density at radius 2 is 2.05 bits per heavy atom. The van der Waals surface area contributed by atoms with Crippen molar-refractivity contribution in [3.05, 3.63) is 28.8 Å². The molecule has 19 heavy (non-hydrogen) atoms. The molecule has 0 aromatic heterocycles. The molecule has 1 aromatic rings. The molecule has 1 atom stereocenters. The van der Waals surface area contributed by atoms with Crippen LogP contribution in [0.4, 0.5) is 0 Å². The summed E-state index contributed by atoms with van der Waals surface area (Å²) in [5.74, 6) is 0.372. The SMILES string of the molecule is CCN(CC)C(=O)C(C)Oc1cccc(Cl)c1CO. The van der Waals surface area contributed by atoms with Gasteiger partial charge in [-0.3, -0.25) is 4.79 Å². The fourth-order valence-corrected chi connectivity index (χ4v) is 2.06. The molecule has 0 saturated carbocycles. The Hall–Kier alpha value is -1.26. The first-order chi connectivity index (χ1) is 9.04. The molecule has 0 bridgehead atoms. The molecular formula is C14H20ClNO3. The molecule has 1 unspecified atom stereocenters. The van der Waals surface area contributed by atoms with Gasteiger partial charge in [0.15, 0.2) is 6.10 Å². The van der Waals surface area contributed by atoms with Crippen LogP contribution in [0.2, 0.25) is 5.02 Å². The van der Waals surface area contributed by atoms with Gasteiger partial charge in [-0.1, -0.05) is 17.7 Å². The number of likely N-dealkylation sites (N-methyl/N-ethyl adjacent to an activating group) is 1. The van der Waals surface area contributed by atoms with E-state index in [1.807, 2.05) is 13.8 Å². The molecule has 1 rings (SSSR count). The van der Waals surface area contributed by atoms with Gasteiger partial charge in [0, 0.05) is 23.7 Å². The molecule has 0 aliphatic rings. The highest BCUT2D eigenvalue weighted by Crippen LogP contribution is 2.27. The minimum Gasteiger partial charge on any atom is -0.480 e. The Bertz CT molecular complexity index is 433. The third kappa shape index (κ3) is 3.85. The van der Waals surface area contributed by atoms with Crippen molar-refractivity contribution >= 4 is 17.5 Å². The summed E-state index contributed by atoms with van der Waals surface area (Å²) in [6.07, 6.45) is -0.608. The fraction of sp³-hybridized carbons (Fsp3) is 0.500. The van der Waals surface area contributed by atoms with Crippen LogP contribution in [0.3, 0.4) is 0 Å². The highest BCUT2D eigenvalue weighted by Gasteiger charge is 2.21. The van der Waals surface area contributed by atoms with Crippen LogP contribution in [-0.2, 0) is 11.4 Å². The Labute approximate surface area is 118 Å². The maximum Gasteiger partial charge on any atom is 0.263 e. The number of aliphatic hydroxyl groups excluding tert-OH is 1. The van der Waals surface area contributed by atoms with E-state index in [9.17, 15) is 9.90 Å². The van der Waals surface area contributed by atoms with Gasteiger partial charge in [0.1, 0.15) is 5.75 Å². The maximum atomic E-state index is 12.1. The predicted molar refractivity (Wildman–Crippen MR) is 75.4 cm³/mol. The molecule has 1 N–H and O–H groups in total.